The molecule has 3 aromatic rings. The van der Waals surface area contributed by atoms with Crippen molar-refractivity contribution in [1.82, 2.24) is 9.88 Å². The second kappa shape index (κ2) is 6.69. The van der Waals surface area contributed by atoms with Crippen LogP contribution in [0.1, 0.15) is 33.6 Å². The second-order valence-electron chi connectivity index (χ2n) is 6.64. The molecule has 0 unspecified atom stereocenters. The lowest BCUT2D eigenvalue weighted by molar-refractivity contribution is 0.0785. The Labute approximate surface area is 156 Å². The Morgan fingerprint density at radius 3 is 2.81 bits per heavy atom. The number of hydrogen-bond donors (Lipinski definition) is 0. The van der Waals surface area contributed by atoms with Gasteiger partial charge in [0.25, 0.3) is 5.91 Å². The molecule has 3 nitrogen and oxygen atoms in total. The SMILES string of the molecule is CN(Cc1c(F)cccc1Cl)C(=O)c1c2c(nc3ccccc13)CCC2. The van der Waals surface area contributed by atoms with Gasteiger partial charge >= 0.3 is 0 Å². The lowest BCUT2D eigenvalue weighted by atomic mass is 10.00. The van der Waals surface area contributed by atoms with E-state index in [0.29, 0.717) is 16.1 Å². The van der Waals surface area contributed by atoms with Crippen LogP contribution in [-0.2, 0) is 19.4 Å². The van der Waals surface area contributed by atoms with Crippen LogP contribution in [0.2, 0.25) is 5.02 Å². The summed E-state index contributed by atoms with van der Waals surface area (Å²) in [6, 6.07) is 12.3. The molecular formula is C21H18ClFN2O. The average molecular weight is 369 g/mol. The number of halogens is 2. The van der Waals surface area contributed by atoms with Crippen molar-refractivity contribution in [2.45, 2.75) is 25.8 Å². The van der Waals surface area contributed by atoms with E-state index in [-0.39, 0.29) is 12.5 Å². The fraction of sp³-hybridized carbons (Fsp3) is 0.238. The van der Waals surface area contributed by atoms with E-state index in [1.54, 1.807) is 19.2 Å². The number of nitrogens with zero attached hydrogens (tertiary/aromatic N) is 2. The van der Waals surface area contributed by atoms with Gasteiger partial charge in [0.15, 0.2) is 0 Å². The first-order valence-electron chi connectivity index (χ1n) is 8.65. The van der Waals surface area contributed by atoms with E-state index in [0.717, 1.165) is 41.4 Å². The number of carbonyl (C=O) groups excluding carboxylic acids is 1. The summed E-state index contributed by atoms with van der Waals surface area (Å²) in [6.45, 7) is 0.121. The lowest BCUT2D eigenvalue weighted by Gasteiger charge is -2.21. The first-order chi connectivity index (χ1) is 12.6. The van der Waals surface area contributed by atoms with Gasteiger partial charge in [0, 0.05) is 35.3 Å². The third-order valence-corrected chi connectivity index (χ3v) is 5.29. The monoisotopic (exact) mass is 368 g/mol. The largest absolute Gasteiger partial charge is 0.337 e. The summed E-state index contributed by atoms with van der Waals surface area (Å²) in [5.41, 5.74) is 3.89. The number of amides is 1. The fourth-order valence-electron chi connectivity index (χ4n) is 3.64. The zero-order chi connectivity index (χ0) is 18.3. The molecule has 1 aliphatic carbocycles. The van der Waals surface area contributed by atoms with Gasteiger partial charge < -0.3 is 4.90 Å². The number of para-hydroxylation sites is 1. The van der Waals surface area contributed by atoms with E-state index in [2.05, 4.69) is 0 Å². The van der Waals surface area contributed by atoms with Crippen molar-refractivity contribution in [1.29, 1.82) is 0 Å². The molecule has 0 saturated carbocycles. The van der Waals surface area contributed by atoms with Crippen molar-refractivity contribution in [3.05, 3.63) is 75.7 Å². The minimum atomic E-state index is -0.401. The van der Waals surface area contributed by atoms with Crippen LogP contribution in [0.4, 0.5) is 4.39 Å². The molecule has 1 aliphatic rings. The second-order valence-corrected chi connectivity index (χ2v) is 7.05. The molecule has 4 rings (SSSR count). The van der Waals surface area contributed by atoms with Gasteiger partial charge in [-0.2, -0.15) is 0 Å². The first-order valence-corrected chi connectivity index (χ1v) is 9.03. The third-order valence-electron chi connectivity index (χ3n) is 4.94. The maximum absolute atomic E-state index is 14.1. The quantitative estimate of drug-likeness (QED) is 0.666. The normalized spacial score (nSPS) is 13.0. The van der Waals surface area contributed by atoms with E-state index in [9.17, 15) is 9.18 Å². The molecule has 0 radical (unpaired) electrons. The summed E-state index contributed by atoms with van der Waals surface area (Å²) in [6.07, 6.45) is 2.74. The highest BCUT2D eigenvalue weighted by molar-refractivity contribution is 6.31. The summed E-state index contributed by atoms with van der Waals surface area (Å²) < 4.78 is 14.1. The van der Waals surface area contributed by atoms with Crippen molar-refractivity contribution >= 4 is 28.4 Å². The molecule has 0 atom stereocenters. The minimum absolute atomic E-state index is 0.121. The summed E-state index contributed by atoms with van der Waals surface area (Å²) in [7, 11) is 1.68. The molecule has 2 aromatic carbocycles. The molecule has 1 heterocycles. The number of fused-ring (bicyclic) bond motifs is 2. The van der Waals surface area contributed by atoms with Gasteiger partial charge in [0.1, 0.15) is 5.82 Å². The Hall–Kier alpha value is -2.46. The van der Waals surface area contributed by atoms with Crippen LogP contribution in [0, 0.1) is 5.82 Å². The molecule has 0 bridgehead atoms. The smallest absolute Gasteiger partial charge is 0.254 e. The van der Waals surface area contributed by atoms with Crippen LogP contribution in [0.3, 0.4) is 0 Å². The standard InChI is InChI=1S/C21H18ClFN2O/c1-25(12-15-16(22)8-5-9-17(15)23)21(26)20-13-6-2-3-10-18(13)24-19-11-4-7-14(19)20/h2-3,5-6,8-10H,4,7,11-12H2,1H3. The van der Waals surface area contributed by atoms with Crippen LogP contribution < -0.4 is 0 Å². The van der Waals surface area contributed by atoms with E-state index in [1.165, 1.54) is 11.0 Å². The summed E-state index contributed by atoms with van der Waals surface area (Å²) in [5, 5.41) is 1.18. The van der Waals surface area contributed by atoms with Gasteiger partial charge in [-0.1, -0.05) is 35.9 Å². The average Bonchev–Trinajstić information content (AvgIpc) is 3.10. The van der Waals surface area contributed by atoms with Crippen molar-refractivity contribution in [2.75, 3.05) is 7.05 Å². The summed E-state index contributed by atoms with van der Waals surface area (Å²) in [4.78, 5) is 19.5. The van der Waals surface area contributed by atoms with E-state index in [4.69, 9.17) is 16.6 Å². The zero-order valence-electron chi connectivity index (χ0n) is 14.4. The van der Waals surface area contributed by atoms with Crippen molar-refractivity contribution in [3.63, 3.8) is 0 Å². The lowest BCUT2D eigenvalue weighted by Crippen LogP contribution is -2.28. The Morgan fingerprint density at radius 1 is 1.19 bits per heavy atom. The third kappa shape index (κ3) is 2.84. The molecule has 1 aromatic heterocycles. The highest BCUT2D eigenvalue weighted by Gasteiger charge is 2.26. The highest BCUT2D eigenvalue weighted by Crippen LogP contribution is 2.31. The summed E-state index contributed by atoms with van der Waals surface area (Å²) >= 11 is 6.13. The van der Waals surface area contributed by atoms with Crippen LogP contribution in [0.5, 0.6) is 0 Å². The highest BCUT2D eigenvalue weighted by atomic mass is 35.5. The number of aromatic nitrogens is 1. The van der Waals surface area contributed by atoms with E-state index >= 15 is 0 Å². The van der Waals surface area contributed by atoms with Gasteiger partial charge in [-0.15, -0.1) is 0 Å². The molecular weight excluding hydrogens is 351 g/mol. The van der Waals surface area contributed by atoms with Crippen LogP contribution in [0.15, 0.2) is 42.5 Å². The first kappa shape index (κ1) is 17.0. The molecule has 0 spiro atoms. The number of carbonyl (C=O) groups is 1. The molecule has 5 heteroatoms. The van der Waals surface area contributed by atoms with Gasteiger partial charge in [-0.05, 0) is 43.0 Å². The van der Waals surface area contributed by atoms with Crippen molar-refractivity contribution in [3.8, 4) is 0 Å². The maximum atomic E-state index is 14.1. The molecule has 1 amide bonds. The number of benzene rings is 2. The Morgan fingerprint density at radius 2 is 2.00 bits per heavy atom. The number of rotatable bonds is 3. The Balaban J connectivity index is 1.77. The van der Waals surface area contributed by atoms with Crippen molar-refractivity contribution in [2.24, 2.45) is 0 Å². The fourth-order valence-corrected chi connectivity index (χ4v) is 3.86. The van der Waals surface area contributed by atoms with Crippen LogP contribution >= 0.6 is 11.6 Å². The number of pyridine rings is 1. The predicted molar refractivity (Wildman–Crippen MR) is 101 cm³/mol. The molecule has 0 fully saturated rings. The van der Waals surface area contributed by atoms with Gasteiger partial charge in [-0.3, -0.25) is 9.78 Å². The van der Waals surface area contributed by atoms with E-state index in [1.807, 2.05) is 24.3 Å². The van der Waals surface area contributed by atoms with Gasteiger partial charge in [0.2, 0.25) is 0 Å². The predicted octanol–water partition coefficient (Wildman–Crippen LogP) is 4.79. The van der Waals surface area contributed by atoms with Crippen LogP contribution in [0.25, 0.3) is 10.9 Å². The number of aryl methyl sites for hydroxylation is 1. The zero-order valence-corrected chi connectivity index (χ0v) is 15.2. The topological polar surface area (TPSA) is 33.2 Å². The van der Waals surface area contributed by atoms with Crippen LogP contribution in [-0.4, -0.2) is 22.8 Å². The Bertz CT molecular complexity index is 998. The van der Waals surface area contributed by atoms with Crippen molar-refractivity contribution < 1.29 is 9.18 Å². The van der Waals surface area contributed by atoms with Gasteiger partial charge in [-0.25, -0.2) is 4.39 Å². The van der Waals surface area contributed by atoms with E-state index < -0.39 is 5.82 Å². The molecule has 132 valence electrons. The minimum Gasteiger partial charge on any atom is -0.337 e. The Kier molecular flexibility index (Phi) is 4.37. The molecule has 26 heavy (non-hydrogen) atoms. The summed E-state index contributed by atoms with van der Waals surface area (Å²) in [5.74, 6) is -0.525. The molecule has 0 N–H and O–H groups in total. The number of hydrogen-bond acceptors (Lipinski definition) is 2. The van der Waals surface area contributed by atoms with Gasteiger partial charge in [0.05, 0.1) is 11.1 Å². The molecule has 0 aliphatic heterocycles. The molecule has 0 saturated heterocycles. The maximum Gasteiger partial charge on any atom is 0.254 e.